The first-order chi connectivity index (χ1) is 9.17. The fourth-order valence-electron chi connectivity index (χ4n) is 2.46. The molecule has 0 amide bonds. The van der Waals surface area contributed by atoms with Crippen LogP contribution in [0.15, 0.2) is 10.5 Å². The molecule has 1 heterocycles. The van der Waals surface area contributed by atoms with E-state index in [4.69, 9.17) is 9.47 Å². The molecule has 0 aliphatic carbocycles. The second-order valence-electron chi connectivity index (χ2n) is 4.74. The molecule has 0 unspecified atom stereocenters. The zero-order chi connectivity index (χ0) is 13.8. The van der Waals surface area contributed by atoms with E-state index in [-0.39, 0.29) is 0 Å². The maximum Gasteiger partial charge on any atom is 0.175 e. The van der Waals surface area contributed by atoms with Crippen LogP contribution < -0.4 is 14.8 Å². The Labute approximate surface area is 123 Å². The molecule has 1 aromatic rings. The average molecular weight is 329 g/mol. The molecule has 0 spiro atoms. The zero-order valence-corrected chi connectivity index (χ0v) is 13.3. The van der Waals surface area contributed by atoms with Crippen molar-refractivity contribution in [3.8, 4) is 11.5 Å². The molecule has 1 saturated heterocycles. The maximum absolute atomic E-state index is 5.49. The molecule has 106 valence electrons. The van der Waals surface area contributed by atoms with Gasteiger partial charge >= 0.3 is 0 Å². The summed E-state index contributed by atoms with van der Waals surface area (Å²) in [4.78, 5) is 2.46. The minimum Gasteiger partial charge on any atom is -0.493 e. The van der Waals surface area contributed by atoms with Gasteiger partial charge < -0.3 is 14.8 Å². The summed E-state index contributed by atoms with van der Waals surface area (Å²) >= 11 is 3.56. The van der Waals surface area contributed by atoms with E-state index in [2.05, 4.69) is 39.1 Å². The Morgan fingerprint density at radius 2 is 1.84 bits per heavy atom. The molecule has 0 aromatic heterocycles. The van der Waals surface area contributed by atoms with Crippen LogP contribution in [0.25, 0.3) is 0 Å². The van der Waals surface area contributed by atoms with Crippen LogP contribution in [0.1, 0.15) is 11.1 Å². The van der Waals surface area contributed by atoms with Crippen LogP contribution in [0.2, 0.25) is 0 Å². The highest BCUT2D eigenvalue weighted by Crippen LogP contribution is 2.40. The van der Waals surface area contributed by atoms with Gasteiger partial charge in [-0.15, -0.1) is 0 Å². The van der Waals surface area contributed by atoms with E-state index < -0.39 is 0 Å². The lowest BCUT2D eigenvalue weighted by Gasteiger charge is -2.28. The van der Waals surface area contributed by atoms with Gasteiger partial charge in [0.2, 0.25) is 0 Å². The van der Waals surface area contributed by atoms with Crippen LogP contribution in [-0.2, 0) is 6.54 Å². The van der Waals surface area contributed by atoms with Crippen LogP contribution in [0.4, 0.5) is 0 Å². The maximum atomic E-state index is 5.49. The Morgan fingerprint density at radius 1 is 1.21 bits per heavy atom. The fraction of sp³-hybridized carbons (Fsp3) is 0.571. The normalized spacial score (nSPS) is 16.4. The van der Waals surface area contributed by atoms with Crippen LogP contribution >= 0.6 is 15.9 Å². The predicted octanol–water partition coefficient (Wildman–Crippen LogP) is 2.18. The van der Waals surface area contributed by atoms with E-state index in [0.29, 0.717) is 0 Å². The Bertz CT molecular complexity index is 446. The van der Waals surface area contributed by atoms with Crippen molar-refractivity contribution in [3.05, 3.63) is 21.7 Å². The van der Waals surface area contributed by atoms with Crippen molar-refractivity contribution in [1.82, 2.24) is 10.2 Å². The lowest BCUT2D eigenvalue weighted by atomic mass is 10.1. The molecule has 1 aliphatic rings. The third-order valence-corrected chi connectivity index (χ3v) is 4.15. The predicted molar refractivity (Wildman–Crippen MR) is 80.1 cm³/mol. The molecule has 0 saturated carbocycles. The van der Waals surface area contributed by atoms with Gasteiger partial charge in [-0.3, -0.25) is 4.90 Å². The van der Waals surface area contributed by atoms with Crippen LogP contribution in [-0.4, -0.2) is 45.3 Å². The lowest BCUT2D eigenvalue weighted by molar-refractivity contribution is 0.232. The zero-order valence-electron chi connectivity index (χ0n) is 11.8. The lowest BCUT2D eigenvalue weighted by Crippen LogP contribution is -2.43. The van der Waals surface area contributed by atoms with Gasteiger partial charge in [0.1, 0.15) is 0 Å². The topological polar surface area (TPSA) is 33.7 Å². The van der Waals surface area contributed by atoms with Crippen LogP contribution in [0, 0.1) is 6.92 Å². The van der Waals surface area contributed by atoms with Crippen molar-refractivity contribution >= 4 is 15.9 Å². The third-order valence-electron chi connectivity index (χ3n) is 3.56. The van der Waals surface area contributed by atoms with Crippen molar-refractivity contribution in [2.24, 2.45) is 0 Å². The highest BCUT2D eigenvalue weighted by molar-refractivity contribution is 9.10. The van der Waals surface area contributed by atoms with Gasteiger partial charge in [-0.05, 0) is 40.0 Å². The minimum absolute atomic E-state index is 0.768. The summed E-state index contributed by atoms with van der Waals surface area (Å²) in [5.74, 6) is 1.59. The first-order valence-electron chi connectivity index (χ1n) is 6.50. The Balaban J connectivity index is 2.27. The first-order valence-corrected chi connectivity index (χ1v) is 7.29. The standard InChI is InChI=1S/C14H21BrN2O2/c1-10-11(9-17-6-4-16-5-7-17)8-12(15)14(19-3)13(10)18-2/h8,16H,4-7,9H2,1-3H3. The summed E-state index contributed by atoms with van der Waals surface area (Å²) in [7, 11) is 3.35. The number of rotatable bonds is 4. The van der Waals surface area contributed by atoms with Crippen LogP contribution in [0.3, 0.4) is 0 Å². The molecule has 2 rings (SSSR count). The van der Waals surface area contributed by atoms with Gasteiger partial charge in [-0.1, -0.05) is 0 Å². The second kappa shape index (κ2) is 6.59. The van der Waals surface area contributed by atoms with Crippen molar-refractivity contribution < 1.29 is 9.47 Å². The van der Waals surface area contributed by atoms with Gasteiger partial charge in [-0.2, -0.15) is 0 Å². The number of nitrogens with zero attached hydrogens (tertiary/aromatic N) is 1. The SMILES string of the molecule is COc1c(Br)cc(CN2CCNCC2)c(C)c1OC. The van der Waals surface area contributed by atoms with E-state index in [1.807, 2.05) is 0 Å². The fourth-order valence-corrected chi connectivity index (χ4v) is 3.08. The first kappa shape index (κ1) is 14.6. The van der Waals surface area contributed by atoms with E-state index in [9.17, 15) is 0 Å². The Morgan fingerprint density at radius 3 is 2.42 bits per heavy atom. The van der Waals surface area contributed by atoms with Crippen LogP contribution in [0.5, 0.6) is 11.5 Å². The minimum atomic E-state index is 0.768. The molecule has 1 N–H and O–H groups in total. The average Bonchev–Trinajstić information content (AvgIpc) is 2.43. The van der Waals surface area contributed by atoms with Gasteiger partial charge in [0.05, 0.1) is 18.7 Å². The number of hydrogen-bond donors (Lipinski definition) is 1. The number of hydrogen-bond acceptors (Lipinski definition) is 4. The van der Waals surface area contributed by atoms with Gasteiger partial charge in [0, 0.05) is 32.7 Å². The Hall–Kier alpha value is -0.780. The van der Waals surface area contributed by atoms with E-state index in [1.165, 1.54) is 5.56 Å². The smallest absolute Gasteiger partial charge is 0.175 e. The summed E-state index contributed by atoms with van der Waals surface area (Å²) in [5.41, 5.74) is 2.44. The monoisotopic (exact) mass is 328 g/mol. The molecular formula is C14H21BrN2O2. The molecule has 5 heteroatoms. The molecule has 0 atom stereocenters. The summed E-state index contributed by atoms with van der Waals surface area (Å²) < 4.78 is 11.8. The molecule has 0 radical (unpaired) electrons. The number of piperazine rings is 1. The van der Waals surface area contributed by atoms with E-state index in [1.54, 1.807) is 14.2 Å². The van der Waals surface area contributed by atoms with Crippen molar-refractivity contribution in [2.45, 2.75) is 13.5 Å². The highest BCUT2D eigenvalue weighted by atomic mass is 79.9. The molecule has 1 aliphatic heterocycles. The largest absolute Gasteiger partial charge is 0.493 e. The number of methoxy groups -OCH3 is 2. The molecular weight excluding hydrogens is 308 g/mol. The summed E-state index contributed by atoms with van der Waals surface area (Å²) in [5, 5.41) is 3.37. The van der Waals surface area contributed by atoms with Crippen molar-refractivity contribution in [1.29, 1.82) is 0 Å². The quantitative estimate of drug-likeness (QED) is 0.918. The number of nitrogens with one attached hydrogen (secondary N) is 1. The van der Waals surface area contributed by atoms with Gasteiger partial charge in [0.25, 0.3) is 0 Å². The second-order valence-corrected chi connectivity index (χ2v) is 5.59. The third kappa shape index (κ3) is 3.22. The summed E-state index contributed by atoms with van der Waals surface area (Å²) in [6.07, 6.45) is 0. The Kier molecular flexibility index (Phi) is 5.07. The number of benzene rings is 1. The number of ether oxygens (including phenoxy) is 2. The van der Waals surface area contributed by atoms with E-state index >= 15 is 0 Å². The van der Waals surface area contributed by atoms with E-state index in [0.717, 1.165) is 54.3 Å². The van der Waals surface area contributed by atoms with Crippen molar-refractivity contribution in [2.75, 3.05) is 40.4 Å². The molecule has 1 fully saturated rings. The summed E-state index contributed by atoms with van der Waals surface area (Å²) in [6.45, 7) is 7.34. The van der Waals surface area contributed by atoms with Gasteiger partial charge in [0.15, 0.2) is 11.5 Å². The number of halogens is 1. The molecule has 1 aromatic carbocycles. The highest BCUT2D eigenvalue weighted by Gasteiger charge is 2.18. The van der Waals surface area contributed by atoms with Crippen molar-refractivity contribution in [3.63, 3.8) is 0 Å². The summed E-state index contributed by atoms with van der Waals surface area (Å²) in [6, 6.07) is 2.14. The molecule has 4 nitrogen and oxygen atoms in total. The van der Waals surface area contributed by atoms with Gasteiger partial charge in [-0.25, -0.2) is 0 Å². The molecule has 0 bridgehead atoms. The molecule has 19 heavy (non-hydrogen) atoms.